The van der Waals surface area contributed by atoms with Gasteiger partial charge in [0, 0.05) is 16.7 Å². The average molecular weight is 312 g/mol. The molecule has 1 saturated carbocycles. The van der Waals surface area contributed by atoms with E-state index >= 15 is 0 Å². The molecule has 1 fully saturated rings. The summed E-state index contributed by atoms with van der Waals surface area (Å²) in [5.41, 5.74) is 1.12. The van der Waals surface area contributed by atoms with Gasteiger partial charge in [-0.05, 0) is 24.7 Å². The second-order valence-corrected chi connectivity index (χ2v) is 7.08. The topological polar surface area (TPSA) is 54.4 Å². The summed E-state index contributed by atoms with van der Waals surface area (Å²) in [5.74, 6) is 0.0103. The normalized spacial score (nSPS) is 20.6. The summed E-state index contributed by atoms with van der Waals surface area (Å²) in [6.45, 7) is 2.12. The number of carbonyl (C=O) groups is 2. The molecule has 0 bridgehead atoms. The summed E-state index contributed by atoms with van der Waals surface area (Å²) in [5, 5.41) is 10.5. The zero-order valence-electron chi connectivity index (χ0n) is 13.7. The molecule has 3 heteroatoms. The second-order valence-electron chi connectivity index (χ2n) is 7.08. The molecule has 1 aromatic carbocycles. The van der Waals surface area contributed by atoms with Crippen LogP contribution in [0.4, 0.5) is 0 Å². The average Bonchev–Trinajstić information content (AvgIpc) is 2.57. The number of aliphatic hydroxyl groups is 1. The summed E-state index contributed by atoms with van der Waals surface area (Å²) < 4.78 is 0. The number of Topliss-reactive ketones (excluding diaryl/α,β-unsaturated/α-hetero) is 2. The monoisotopic (exact) mass is 312 g/mol. The Labute approximate surface area is 137 Å². The number of rotatable bonds is 4. The largest absolute Gasteiger partial charge is 0.507 e. The van der Waals surface area contributed by atoms with Gasteiger partial charge in [0.25, 0.3) is 0 Å². The lowest BCUT2D eigenvalue weighted by molar-refractivity contribution is -0.112. The van der Waals surface area contributed by atoms with Crippen LogP contribution in [0.15, 0.2) is 29.8 Å². The van der Waals surface area contributed by atoms with E-state index in [2.05, 4.69) is 6.92 Å². The van der Waals surface area contributed by atoms with Crippen molar-refractivity contribution in [3.63, 3.8) is 0 Å². The van der Waals surface area contributed by atoms with Crippen LogP contribution < -0.4 is 0 Å². The van der Waals surface area contributed by atoms with Crippen LogP contribution in [0.1, 0.15) is 67.8 Å². The summed E-state index contributed by atoms with van der Waals surface area (Å²) in [6.07, 6.45) is 8.03. The van der Waals surface area contributed by atoms with E-state index in [0.29, 0.717) is 29.0 Å². The molecule has 3 nitrogen and oxygen atoms in total. The zero-order chi connectivity index (χ0) is 16.4. The molecule has 0 aromatic heterocycles. The van der Waals surface area contributed by atoms with Crippen molar-refractivity contribution in [3.05, 3.63) is 41.0 Å². The van der Waals surface area contributed by atoms with Gasteiger partial charge >= 0.3 is 0 Å². The van der Waals surface area contributed by atoms with Crippen molar-refractivity contribution < 1.29 is 14.7 Å². The van der Waals surface area contributed by atoms with Crippen molar-refractivity contribution in [2.75, 3.05) is 0 Å². The number of benzene rings is 1. The summed E-state index contributed by atoms with van der Waals surface area (Å²) >= 11 is 0. The molecule has 3 rings (SSSR count). The molecule has 0 aliphatic heterocycles. The van der Waals surface area contributed by atoms with Gasteiger partial charge in [-0.1, -0.05) is 63.3 Å². The van der Waals surface area contributed by atoms with Crippen molar-refractivity contribution in [2.45, 2.75) is 51.9 Å². The van der Waals surface area contributed by atoms with E-state index < -0.39 is 11.6 Å². The molecule has 1 atom stereocenters. The van der Waals surface area contributed by atoms with Crippen LogP contribution in [0, 0.1) is 11.8 Å². The molecule has 2 aliphatic carbocycles. The molecule has 23 heavy (non-hydrogen) atoms. The van der Waals surface area contributed by atoms with Gasteiger partial charge in [0.15, 0.2) is 0 Å². The van der Waals surface area contributed by atoms with E-state index in [1.807, 2.05) is 0 Å². The first-order chi connectivity index (χ1) is 11.1. The number of carbonyl (C=O) groups excluding carboxylic acids is 2. The molecule has 0 saturated heterocycles. The molecule has 0 radical (unpaired) electrons. The third kappa shape index (κ3) is 3.24. The van der Waals surface area contributed by atoms with Crippen LogP contribution in [-0.2, 0) is 4.79 Å². The quantitative estimate of drug-likeness (QED) is 0.819. The predicted molar refractivity (Wildman–Crippen MR) is 90.3 cm³/mol. The van der Waals surface area contributed by atoms with Gasteiger partial charge in [-0.3, -0.25) is 9.59 Å². The Bertz CT molecular complexity index is 651. The van der Waals surface area contributed by atoms with Crippen LogP contribution >= 0.6 is 0 Å². The maximum Gasteiger partial charge on any atom is 0.234 e. The lowest BCUT2D eigenvalue weighted by Gasteiger charge is -2.26. The Morgan fingerprint density at radius 2 is 1.70 bits per heavy atom. The number of aliphatic hydroxyl groups excluding tert-OH is 1. The van der Waals surface area contributed by atoms with Crippen molar-refractivity contribution >= 4 is 17.3 Å². The molecule has 122 valence electrons. The van der Waals surface area contributed by atoms with Gasteiger partial charge in [-0.25, -0.2) is 0 Å². The molecule has 0 heterocycles. The Hall–Kier alpha value is -1.90. The van der Waals surface area contributed by atoms with E-state index in [9.17, 15) is 14.7 Å². The van der Waals surface area contributed by atoms with Crippen molar-refractivity contribution in [1.82, 2.24) is 0 Å². The molecular weight excluding hydrogens is 288 g/mol. The van der Waals surface area contributed by atoms with Crippen LogP contribution in [0.2, 0.25) is 0 Å². The minimum Gasteiger partial charge on any atom is -0.507 e. The highest BCUT2D eigenvalue weighted by Crippen LogP contribution is 2.35. The third-order valence-electron chi connectivity index (χ3n) is 5.21. The first-order valence-corrected chi connectivity index (χ1v) is 8.68. The van der Waals surface area contributed by atoms with Crippen LogP contribution in [0.3, 0.4) is 0 Å². The second kappa shape index (κ2) is 6.69. The van der Waals surface area contributed by atoms with E-state index in [4.69, 9.17) is 0 Å². The van der Waals surface area contributed by atoms with Gasteiger partial charge in [0.1, 0.15) is 5.76 Å². The van der Waals surface area contributed by atoms with E-state index in [-0.39, 0.29) is 5.76 Å². The van der Waals surface area contributed by atoms with Crippen molar-refractivity contribution in [3.8, 4) is 0 Å². The highest BCUT2D eigenvalue weighted by molar-refractivity contribution is 6.52. The van der Waals surface area contributed by atoms with E-state index in [1.165, 1.54) is 32.1 Å². The Kier molecular flexibility index (Phi) is 4.65. The zero-order valence-corrected chi connectivity index (χ0v) is 13.7. The fourth-order valence-corrected chi connectivity index (χ4v) is 4.03. The molecule has 0 spiro atoms. The van der Waals surface area contributed by atoms with E-state index in [1.54, 1.807) is 24.3 Å². The Morgan fingerprint density at radius 1 is 1.04 bits per heavy atom. The third-order valence-corrected chi connectivity index (χ3v) is 5.21. The maximum absolute atomic E-state index is 12.4. The SMILES string of the molecule is C[C@H](CC1=C(O)c2ccccc2C(=O)C1=O)CC1CCCCC1. The summed E-state index contributed by atoms with van der Waals surface area (Å²) in [7, 11) is 0. The molecule has 1 aromatic rings. The molecular formula is C20H24O3. The minimum atomic E-state index is -0.531. The Balaban J connectivity index is 1.78. The molecule has 2 aliphatic rings. The van der Waals surface area contributed by atoms with Gasteiger partial charge < -0.3 is 5.11 Å². The van der Waals surface area contributed by atoms with Crippen molar-refractivity contribution in [2.24, 2.45) is 11.8 Å². The number of fused-ring (bicyclic) bond motifs is 1. The number of hydrogen-bond donors (Lipinski definition) is 1. The van der Waals surface area contributed by atoms with Crippen LogP contribution in [0.5, 0.6) is 0 Å². The van der Waals surface area contributed by atoms with Crippen LogP contribution in [-0.4, -0.2) is 16.7 Å². The van der Waals surface area contributed by atoms with Gasteiger partial charge in [-0.2, -0.15) is 0 Å². The van der Waals surface area contributed by atoms with Gasteiger partial charge in [0.2, 0.25) is 11.6 Å². The van der Waals surface area contributed by atoms with Gasteiger partial charge in [0.05, 0.1) is 0 Å². The minimum absolute atomic E-state index is 0.000643. The maximum atomic E-state index is 12.4. The fraction of sp³-hybridized carbons (Fsp3) is 0.500. The molecule has 1 N–H and O–H groups in total. The highest BCUT2D eigenvalue weighted by atomic mass is 16.3. The highest BCUT2D eigenvalue weighted by Gasteiger charge is 2.33. The Morgan fingerprint density at radius 3 is 2.39 bits per heavy atom. The summed E-state index contributed by atoms with van der Waals surface area (Å²) in [4.78, 5) is 24.6. The lowest BCUT2D eigenvalue weighted by Crippen LogP contribution is -2.25. The lowest BCUT2D eigenvalue weighted by atomic mass is 9.79. The smallest absolute Gasteiger partial charge is 0.234 e. The predicted octanol–water partition coefficient (Wildman–Crippen LogP) is 4.72. The summed E-state index contributed by atoms with van der Waals surface area (Å²) in [6, 6.07) is 6.81. The van der Waals surface area contributed by atoms with Crippen molar-refractivity contribution in [1.29, 1.82) is 0 Å². The molecule has 0 unspecified atom stereocenters. The van der Waals surface area contributed by atoms with Crippen LogP contribution in [0.25, 0.3) is 5.76 Å². The standard InChI is InChI=1S/C20H24O3/c1-13(11-14-7-3-2-4-8-14)12-17-18(21)15-9-5-6-10-16(15)19(22)20(17)23/h5-6,9-10,13-14,21H,2-4,7-8,11-12H2,1H3/t13-/m0/s1. The number of hydrogen-bond acceptors (Lipinski definition) is 3. The fourth-order valence-electron chi connectivity index (χ4n) is 4.03. The number of ketones is 2. The first-order valence-electron chi connectivity index (χ1n) is 8.68. The number of allylic oxidation sites excluding steroid dienone is 1. The van der Waals surface area contributed by atoms with E-state index in [0.717, 1.165) is 12.3 Å². The first kappa shape index (κ1) is 16.0. The van der Waals surface area contributed by atoms with Gasteiger partial charge in [-0.15, -0.1) is 0 Å². The molecule has 0 amide bonds.